The van der Waals surface area contributed by atoms with Gasteiger partial charge >= 0.3 is 5.97 Å². The number of rotatable bonds is 5. The summed E-state index contributed by atoms with van der Waals surface area (Å²) in [6, 6.07) is 14.3. The highest BCUT2D eigenvalue weighted by molar-refractivity contribution is 5.93. The quantitative estimate of drug-likeness (QED) is 0.496. The molecule has 0 saturated heterocycles. The number of nitrogens with zero attached hydrogens (tertiary/aromatic N) is 1. The van der Waals surface area contributed by atoms with E-state index >= 15 is 0 Å². The number of aromatic carboxylic acids is 1. The molecular formula is C15H14N2O3. The molecule has 0 aliphatic carbocycles. The van der Waals surface area contributed by atoms with E-state index in [-0.39, 0.29) is 5.56 Å². The van der Waals surface area contributed by atoms with Gasteiger partial charge in [-0.3, -0.25) is 0 Å². The first-order valence-corrected chi connectivity index (χ1v) is 5.98. The van der Waals surface area contributed by atoms with Crippen molar-refractivity contribution >= 4 is 12.2 Å². The molecule has 0 amide bonds. The third-order valence-electron chi connectivity index (χ3n) is 2.69. The zero-order valence-electron chi connectivity index (χ0n) is 10.7. The lowest BCUT2D eigenvalue weighted by Gasteiger charge is -2.09. The highest BCUT2D eigenvalue weighted by Gasteiger charge is 2.12. The zero-order chi connectivity index (χ0) is 14.4. The maximum absolute atomic E-state index is 11.2. The Morgan fingerprint density at radius 2 is 2.00 bits per heavy atom. The molecule has 20 heavy (non-hydrogen) atoms. The van der Waals surface area contributed by atoms with E-state index in [1.54, 1.807) is 12.1 Å². The molecule has 0 spiro atoms. The van der Waals surface area contributed by atoms with Crippen LogP contribution in [0.2, 0.25) is 0 Å². The molecule has 0 unspecified atom stereocenters. The van der Waals surface area contributed by atoms with Gasteiger partial charge in [-0.05, 0) is 29.3 Å². The molecule has 0 saturated carbocycles. The third kappa shape index (κ3) is 3.35. The largest absolute Gasteiger partial charge is 0.488 e. The van der Waals surface area contributed by atoms with Crippen LogP contribution >= 0.6 is 0 Å². The van der Waals surface area contributed by atoms with E-state index < -0.39 is 5.97 Å². The Labute approximate surface area is 116 Å². The van der Waals surface area contributed by atoms with Crippen molar-refractivity contribution in [2.45, 2.75) is 6.61 Å². The Morgan fingerprint density at radius 1 is 1.25 bits per heavy atom. The van der Waals surface area contributed by atoms with Crippen LogP contribution in [0.25, 0.3) is 0 Å². The summed E-state index contributed by atoms with van der Waals surface area (Å²) in [5.41, 5.74) is 1.66. The van der Waals surface area contributed by atoms with E-state index in [0.29, 0.717) is 17.9 Å². The smallest absolute Gasteiger partial charge is 0.339 e. The summed E-state index contributed by atoms with van der Waals surface area (Å²) < 4.78 is 5.56. The number of benzene rings is 2. The van der Waals surface area contributed by atoms with Crippen molar-refractivity contribution in [3.63, 3.8) is 0 Å². The van der Waals surface area contributed by atoms with Gasteiger partial charge in [-0.1, -0.05) is 30.3 Å². The Kier molecular flexibility index (Phi) is 4.34. The van der Waals surface area contributed by atoms with Crippen LogP contribution in [0, 0.1) is 0 Å². The number of nitrogens with two attached hydrogens (primary N) is 1. The molecule has 5 heteroatoms. The van der Waals surface area contributed by atoms with Crippen molar-refractivity contribution < 1.29 is 14.6 Å². The van der Waals surface area contributed by atoms with Gasteiger partial charge in [0.05, 0.1) is 6.21 Å². The topological polar surface area (TPSA) is 84.9 Å². The van der Waals surface area contributed by atoms with Crippen molar-refractivity contribution in [1.29, 1.82) is 0 Å². The van der Waals surface area contributed by atoms with E-state index in [4.69, 9.17) is 10.6 Å². The average Bonchev–Trinajstić information content (AvgIpc) is 2.47. The fraction of sp³-hybridized carbons (Fsp3) is 0.0667. The third-order valence-corrected chi connectivity index (χ3v) is 2.69. The van der Waals surface area contributed by atoms with Gasteiger partial charge in [-0.2, -0.15) is 5.10 Å². The maximum atomic E-state index is 11.2. The lowest BCUT2D eigenvalue weighted by Crippen LogP contribution is -2.04. The van der Waals surface area contributed by atoms with Gasteiger partial charge in [0.2, 0.25) is 0 Å². The first-order chi connectivity index (χ1) is 9.70. The van der Waals surface area contributed by atoms with Crippen molar-refractivity contribution in [2.75, 3.05) is 0 Å². The van der Waals surface area contributed by atoms with Crippen molar-refractivity contribution in [3.05, 3.63) is 65.2 Å². The molecule has 5 nitrogen and oxygen atoms in total. The summed E-state index contributed by atoms with van der Waals surface area (Å²) in [6.45, 7) is 0.311. The molecule has 3 N–H and O–H groups in total. The van der Waals surface area contributed by atoms with Gasteiger partial charge in [0.25, 0.3) is 0 Å². The normalized spacial score (nSPS) is 10.6. The molecule has 0 bridgehead atoms. The van der Waals surface area contributed by atoms with Gasteiger partial charge in [-0.25, -0.2) is 4.79 Å². The predicted molar refractivity (Wildman–Crippen MR) is 76.0 cm³/mol. The van der Waals surface area contributed by atoms with Crippen LogP contribution in [0.15, 0.2) is 53.6 Å². The Bertz CT molecular complexity index is 624. The molecule has 102 valence electrons. The molecule has 2 aromatic carbocycles. The van der Waals surface area contributed by atoms with E-state index in [9.17, 15) is 9.90 Å². The molecule has 0 heterocycles. The standard InChI is InChI=1S/C15H14N2O3/c16-17-9-12-6-7-14(13(8-12)15(18)19)20-10-11-4-2-1-3-5-11/h1-9H,10,16H2,(H,18,19). The lowest BCUT2D eigenvalue weighted by atomic mass is 10.1. The molecule has 0 aromatic heterocycles. The fourth-order valence-corrected chi connectivity index (χ4v) is 1.74. The number of hydrogen-bond acceptors (Lipinski definition) is 4. The second-order valence-electron chi connectivity index (χ2n) is 4.11. The van der Waals surface area contributed by atoms with Crippen LogP contribution < -0.4 is 10.6 Å². The number of hydrogen-bond donors (Lipinski definition) is 2. The highest BCUT2D eigenvalue weighted by atomic mass is 16.5. The van der Waals surface area contributed by atoms with Crippen LogP contribution in [-0.2, 0) is 6.61 Å². The second-order valence-corrected chi connectivity index (χ2v) is 4.11. The zero-order valence-corrected chi connectivity index (χ0v) is 10.7. The van der Waals surface area contributed by atoms with Crippen LogP contribution in [0.1, 0.15) is 21.5 Å². The average molecular weight is 270 g/mol. The molecule has 2 rings (SSSR count). The lowest BCUT2D eigenvalue weighted by molar-refractivity contribution is 0.0691. The van der Waals surface area contributed by atoms with Gasteiger partial charge in [0, 0.05) is 0 Å². The first-order valence-electron chi connectivity index (χ1n) is 5.98. The fourth-order valence-electron chi connectivity index (χ4n) is 1.74. The first kappa shape index (κ1) is 13.6. The Balaban J connectivity index is 2.20. The predicted octanol–water partition coefficient (Wildman–Crippen LogP) is 2.26. The van der Waals surface area contributed by atoms with Crippen LogP contribution in [0.3, 0.4) is 0 Å². The van der Waals surface area contributed by atoms with E-state index in [2.05, 4.69) is 5.10 Å². The number of hydrazone groups is 1. The van der Waals surface area contributed by atoms with Crippen LogP contribution in [0.5, 0.6) is 5.75 Å². The van der Waals surface area contributed by atoms with E-state index in [0.717, 1.165) is 5.56 Å². The molecule has 2 aromatic rings. The maximum Gasteiger partial charge on any atom is 0.339 e. The SMILES string of the molecule is NN=Cc1ccc(OCc2ccccc2)c(C(=O)O)c1. The van der Waals surface area contributed by atoms with Crippen LogP contribution in [-0.4, -0.2) is 17.3 Å². The summed E-state index contributed by atoms with van der Waals surface area (Å²) in [5.74, 6) is 4.31. The van der Waals surface area contributed by atoms with Crippen molar-refractivity contribution in [1.82, 2.24) is 0 Å². The number of carboxylic acids is 1. The van der Waals surface area contributed by atoms with Crippen molar-refractivity contribution in [2.24, 2.45) is 10.9 Å². The molecule has 0 fully saturated rings. The van der Waals surface area contributed by atoms with Gasteiger partial charge in [0.15, 0.2) is 0 Å². The van der Waals surface area contributed by atoms with Crippen LogP contribution in [0.4, 0.5) is 0 Å². The van der Waals surface area contributed by atoms with E-state index in [1.165, 1.54) is 12.3 Å². The highest BCUT2D eigenvalue weighted by Crippen LogP contribution is 2.21. The Morgan fingerprint density at radius 3 is 2.65 bits per heavy atom. The summed E-state index contributed by atoms with van der Waals surface area (Å²) >= 11 is 0. The minimum atomic E-state index is -1.06. The molecule has 0 aliphatic rings. The van der Waals surface area contributed by atoms with Gasteiger partial charge in [-0.15, -0.1) is 0 Å². The monoisotopic (exact) mass is 270 g/mol. The summed E-state index contributed by atoms with van der Waals surface area (Å²) in [7, 11) is 0. The summed E-state index contributed by atoms with van der Waals surface area (Å²) in [4.78, 5) is 11.2. The Hall–Kier alpha value is -2.82. The second kappa shape index (κ2) is 6.38. The minimum absolute atomic E-state index is 0.0818. The summed E-state index contributed by atoms with van der Waals surface area (Å²) in [5, 5.41) is 12.6. The molecule has 0 radical (unpaired) electrons. The minimum Gasteiger partial charge on any atom is -0.488 e. The van der Waals surface area contributed by atoms with Gasteiger partial charge in [0.1, 0.15) is 17.9 Å². The van der Waals surface area contributed by atoms with Crippen molar-refractivity contribution in [3.8, 4) is 5.75 Å². The van der Waals surface area contributed by atoms with E-state index in [1.807, 2.05) is 30.3 Å². The number of carboxylic acid groups (broad SMARTS) is 1. The summed E-state index contributed by atoms with van der Waals surface area (Å²) in [6.07, 6.45) is 1.38. The number of carbonyl (C=O) groups is 1. The molecule has 0 atom stereocenters. The number of ether oxygens (including phenoxy) is 1. The molecule has 0 aliphatic heterocycles. The van der Waals surface area contributed by atoms with Gasteiger partial charge < -0.3 is 15.7 Å². The molecular weight excluding hydrogens is 256 g/mol.